The van der Waals surface area contributed by atoms with E-state index in [4.69, 9.17) is 5.73 Å². The Morgan fingerprint density at radius 2 is 2.00 bits per heavy atom. The van der Waals surface area contributed by atoms with E-state index in [-0.39, 0.29) is 24.0 Å². The first-order valence-corrected chi connectivity index (χ1v) is 6.35. The molecule has 0 heterocycles. The van der Waals surface area contributed by atoms with Crippen LogP contribution in [0.25, 0.3) is 0 Å². The summed E-state index contributed by atoms with van der Waals surface area (Å²) in [5.41, 5.74) is 7.12. The van der Waals surface area contributed by atoms with E-state index >= 15 is 0 Å². The number of aryl methyl sites for hydroxylation is 1. The van der Waals surface area contributed by atoms with Crippen molar-refractivity contribution in [2.45, 2.75) is 39.2 Å². The Hall–Kier alpha value is -0.820. The third-order valence-electron chi connectivity index (χ3n) is 3.15. The second kappa shape index (κ2) is 8.37. The maximum atomic E-state index is 10.1. The first-order valence-electron chi connectivity index (χ1n) is 6.35. The number of nitrogens with two attached hydrogens (primary N) is 1. The number of hydrogen-bond donors (Lipinski definition) is 3. The zero-order valence-electron chi connectivity index (χ0n) is 11.8. The number of rotatable bonds is 5. The molecule has 0 radical (unpaired) electrons. The van der Waals surface area contributed by atoms with Gasteiger partial charge in [-0.3, -0.25) is 4.99 Å². The summed E-state index contributed by atoms with van der Waals surface area (Å²) in [6, 6.07) is 7.90. The number of aliphatic hydroxyl groups is 1. The largest absolute Gasteiger partial charge is 0.388 e. The van der Waals surface area contributed by atoms with E-state index in [2.05, 4.69) is 10.3 Å². The van der Waals surface area contributed by atoms with Gasteiger partial charge in [-0.1, -0.05) is 26.0 Å². The zero-order valence-corrected chi connectivity index (χ0v) is 14.1. The molecule has 4 N–H and O–H groups in total. The number of anilines is 1. The average Bonchev–Trinajstić information content (AvgIpc) is 2.36. The van der Waals surface area contributed by atoms with E-state index in [0.29, 0.717) is 25.3 Å². The number of guanidine groups is 1. The molecule has 0 aliphatic rings. The average molecular weight is 377 g/mol. The molecule has 0 unspecified atom stereocenters. The standard InChI is InChI=1S/C14H23N3O.HI/c1-4-14(18,5-2)10-16-13(15)17-12-8-6-7-11(3)9-12;/h6-9,18H,4-5,10H2,1-3H3,(H3,15,16,17);1H. The minimum atomic E-state index is -0.751. The highest BCUT2D eigenvalue weighted by atomic mass is 127. The predicted octanol–water partition coefficient (Wildman–Crippen LogP) is 2.89. The van der Waals surface area contributed by atoms with Gasteiger partial charge in [0.05, 0.1) is 12.1 Å². The Bertz CT molecular complexity index is 417. The molecule has 5 heteroatoms. The van der Waals surface area contributed by atoms with E-state index in [1.165, 1.54) is 0 Å². The van der Waals surface area contributed by atoms with Gasteiger partial charge in [-0.05, 0) is 37.5 Å². The van der Waals surface area contributed by atoms with Crippen LogP contribution in [0.4, 0.5) is 5.69 Å². The van der Waals surface area contributed by atoms with Crippen LogP contribution in [0.2, 0.25) is 0 Å². The molecule has 0 aromatic heterocycles. The topological polar surface area (TPSA) is 70.6 Å². The molecular formula is C14H24IN3O. The van der Waals surface area contributed by atoms with Gasteiger partial charge in [0.15, 0.2) is 5.96 Å². The van der Waals surface area contributed by atoms with Crippen molar-refractivity contribution in [3.8, 4) is 0 Å². The molecule has 0 aliphatic carbocycles. The Labute approximate surface area is 132 Å². The minimum Gasteiger partial charge on any atom is -0.388 e. The van der Waals surface area contributed by atoms with Crippen molar-refractivity contribution in [3.63, 3.8) is 0 Å². The van der Waals surface area contributed by atoms with Gasteiger partial charge in [-0.2, -0.15) is 0 Å². The van der Waals surface area contributed by atoms with Gasteiger partial charge >= 0.3 is 0 Å². The van der Waals surface area contributed by atoms with Crippen LogP contribution in [0, 0.1) is 6.92 Å². The summed E-state index contributed by atoms with van der Waals surface area (Å²) in [5, 5.41) is 13.1. The van der Waals surface area contributed by atoms with Crippen LogP contribution in [0.1, 0.15) is 32.3 Å². The molecular weight excluding hydrogens is 353 g/mol. The molecule has 0 amide bonds. The molecule has 0 atom stereocenters. The summed E-state index contributed by atoms with van der Waals surface area (Å²) in [6.07, 6.45) is 1.34. The van der Waals surface area contributed by atoms with Crippen LogP contribution in [-0.4, -0.2) is 23.2 Å². The second-order valence-corrected chi connectivity index (χ2v) is 4.63. The number of halogens is 1. The molecule has 0 saturated carbocycles. The summed E-state index contributed by atoms with van der Waals surface area (Å²) in [5.74, 6) is 0.334. The predicted molar refractivity (Wildman–Crippen MR) is 92.2 cm³/mol. The summed E-state index contributed by atoms with van der Waals surface area (Å²) in [7, 11) is 0. The second-order valence-electron chi connectivity index (χ2n) is 4.63. The molecule has 0 aliphatic heterocycles. The van der Waals surface area contributed by atoms with E-state index in [1.807, 2.05) is 45.0 Å². The molecule has 0 fully saturated rings. The summed E-state index contributed by atoms with van der Waals surface area (Å²) in [6.45, 7) is 6.24. The van der Waals surface area contributed by atoms with Crippen LogP contribution in [0.15, 0.2) is 29.3 Å². The van der Waals surface area contributed by atoms with Crippen LogP contribution in [-0.2, 0) is 0 Å². The van der Waals surface area contributed by atoms with Crippen molar-refractivity contribution in [1.29, 1.82) is 0 Å². The van der Waals surface area contributed by atoms with E-state index < -0.39 is 5.60 Å². The first kappa shape index (κ1) is 18.2. The van der Waals surface area contributed by atoms with Gasteiger partial charge < -0.3 is 16.2 Å². The van der Waals surface area contributed by atoms with Crippen molar-refractivity contribution in [3.05, 3.63) is 29.8 Å². The maximum Gasteiger partial charge on any atom is 0.193 e. The third kappa shape index (κ3) is 6.24. The normalized spacial score (nSPS) is 11.9. The fourth-order valence-corrected chi connectivity index (χ4v) is 1.62. The summed E-state index contributed by atoms with van der Waals surface area (Å²) >= 11 is 0. The minimum absolute atomic E-state index is 0. The van der Waals surface area contributed by atoms with Crippen molar-refractivity contribution >= 4 is 35.6 Å². The lowest BCUT2D eigenvalue weighted by Crippen LogP contribution is -2.33. The fourth-order valence-electron chi connectivity index (χ4n) is 1.62. The number of benzene rings is 1. The van der Waals surface area contributed by atoms with Gasteiger partial charge in [0.1, 0.15) is 0 Å². The smallest absolute Gasteiger partial charge is 0.193 e. The lowest BCUT2D eigenvalue weighted by molar-refractivity contribution is 0.0419. The number of hydrogen-bond acceptors (Lipinski definition) is 2. The molecule has 19 heavy (non-hydrogen) atoms. The quantitative estimate of drug-likeness (QED) is 0.420. The molecule has 0 saturated heterocycles. The SMILES string of the molecule is CCC(O)(CC)CN=C(N)Nc1cccc(C)c1.I. The molecule has 1 rings (SSSR count). The van der Waals surface area contributed by atoms with Crippen molar-refractivity contribution in [2.75, 3.05) is 11.9 Å². The van der Waals surface area contributed by atoms with Gasteiger partial charge in [0.25, 0.3) is 0 Å². The van der Waals surface area contributed by atoms with E-state index in [0.717, 1.165) is 11.3 Å². The van der Waals surface area contributed by atoms with E-state index in [9.17, 15) is 5.11 Å². The van der Waals surface area contributed by atoms with Crippen LogP contribution < -0.4 is 11.1 Å². The maximum absolute atomic E-state index is 10.1. The number of nitrogens with one attached hydrogen (secondary N) is 1. The number of aliphatic imine (C=N–C) groups is 1. The Balaban J connectivity index is 0.00000324. The monoisotopic (exact) mass is 377 g/mol. The summed E-state index contributed by atoms with van der Waals surface area (Å²) in [4.78, 5) is 4.20. The Kier molecular flexibility index (Phi) is 8.01. The van der Waals surface area contributed by atoms with Gasteiger partial charge in [-0.25, -0.2) is 0 Å². The van der Waals surface area contributed by atoms with Gasteiger partial charge in [0, 0.05) is 5.69 Å². The lowest BCUT2D eigenvalue weighted by atomic mass is 9.98. The highest BCUT2D eigenvalue weighted by Gasteiger charge is 2.21. The highest BCUT2D eigenvalue weighted by molar-refractivity contribution is 14.0. The Morgan fingerprint density at radius 1 is 1.37 bits per heavy atom. The van der Waals surface area contributed by atoms with E-state index in [1.54, 1.807) is 0 Å². The van der Waals surface area contributed by atoms with Gasteiger partial charge in [0.2, 0.25) is 0 Å². The van der Waals surface area contributed by atoms with Crippen molar-refractivity contribution in [2.24, 2.45) is 10.7 Å². The molecule has 108 valence electrons. The molecule has 0 bridgehead atoms. The Morgan fingerprint density at radius 3 is 2.53 bits per heavy atom. The van der Waals surface area contributed by atoms with Crippen LogP contribution >= 0.6 is 24.0 Å². The molecule has 4 nitrogen and oxygen atoms in total. The van der Waals surface area contributed by atoms with Gasteiger partial charge in [-0.15, -0.1) is 24.0 Å². The lowest BCUT2D eigenvalue weighted by Gasteiger charge is -2.22. The highest BCUT2D eigenvalue weighted by Crippen LogP contribution is 2.15. The summed E-state index contributed by atoms with van der Waals surface area (Å²) < 4.78 is 0. The third-order valence-corrected chi connectivity index (χ3v) is 3.15. The van der Waals surface area contributed by atoms with Crippen LogP contribution in [0.5, 0.6) is 0 Å². The fraction of sp³-hybridized carbons (Fsp3) is 0.500. The molecule has 1 aromatic carbocycles. The first-order chi connectivity index (χ1) is 8.49. The molecule has 0 spiro atoms. The van der Waals surface area contributed by atoms with Crippen LogP contribution in [0.3, 0.4) is 0 Å². The molecule has 1 aromatic rings. The van der Waals surface area contributed by atoms with Crippen molar-refractivity contribution < 1.29 is 5.11 Å². The zero-order chi connectivity index (χ0) is 13.6. The van der Waals surface area contributed by atoms with Crippen molar-refractivity contribution in [1.82, 2.24) is 0 Å². The number of nitrogens with zero attached hydrogens (tertiary/aromatic N) is 1.